The zero-order chi connectivity index (χ0) is 20.1. The predicted molar refractivity (Wildman–Crippen MR) is 101 cm³/mol. The first kappa shape index (κ1) is 17.1. The number of nitrogen functional groups attached to an aromatic ring is 1. The average molecular weight is 393 g/mol. The number of aromatic amines is 1. The van der Waals surface area contributed by atoms with Gasteiger partial charge < -0.3 is 5.73 Å². The number of aromatic nitrogens is 8. The van der Waals surface area contributed by atoms with Gasteiger partial charge in [0.05, 0.1) is 34.9 Å². The Labute approximate surface area is 161 Å². The van der Waals surface area contributed by atoms with Gasteiger partial charge in [0.25, 0.3) is 0 Å². The zero-order valence-corrected chi connectivity index (χ0v) is 15.1. The second-order valence-electron chi connectivity index (χ2n) is 6.43. The van der Waals surface area contributed by atoms with Crippen molar-refractivity contribution in [3.63, 3.8) is 0 Å². The fraction of sp³-hybridized carbons (Fsp3) is 0.111. The fourth-order valence-corrected chi connectivity index (χ4v) is 3.20. The molecule has 0 fully saturated rings. The highest BCUT2D eigenvalue weighted by molar-refractivity contribution is 5.93. The molecule has 0 atom stereocenters. The molecule has 5 rings (SSSR count). The van der Waals surface area contributed by atoms with E-state index in [1.807, 2.05) is 0 Å². The summed E-state index contributed by atoms with van der Waals surface area (Å²) in [5, 5.41) is 12.3. The molecule has 0 aliphatic carbocycles. The second kappa shape index (κ2) is 6.26. The molecule has 11 heteroatoms. The topological polar surface area (TPSA) is 124 Å². The van der Waals surface area contributed by atoms with Crippen LogP contribution < -0.4 is 5.73 Å². The Balaban J connectivity index is 1.72. The van der Waals surface area contributed by atoms with Crippen molar-refractivity contribution in [2.24, 2.45) is 0 Å². The smallest absolute Gasteiger partial charge is 0.184 e. The molecule has 0 saturated heterocycles. The number of H-pyrrole nitrogens is 1. The molecule has 0 amide bonds. The van der Waals surface area contributed by atoms with E-state index in [4.69, 9.17) is 5.73 Å². The average Bonchev–Trinajstić information content (AvgIpc) is 3.24. The Bertz CT molecular complexity index is 1390. The van der Waals surface area contributed by atoms with Crippen LogP contribution in [0, 0.1) is 18.6 Å². The molecule has 0 aliphatic heterocycles. The van der Waals surface area contributed by atoms with Crippen LogP contribution in [0.1, 0.15) is 11.4 Å². The highest BCUT2D eigenvalue weighted by atomic mass is 19.1. The molecule has 0 saturated carbocycles. The van der Waals surface area contributed by atoms with Gasteiger partial charge in [0, 0.05) is 6.20 Å². The van der Waals surface area contributed by atoms with Gasteiger partial charge in [0.1, 0.15) is 23.1 Å². The van der Waals surface area contributed by atoms with E-state index in [0.717, 1.165) is 6.20 Å². The van der Waals surface area contributed by atoms with Gasteiger partial charge in [-0.2, -0.15) is 10.2 Å². The van der Waals surface area contributed by atoms with E-state index in [9.17, 15) is 8.78 Å². The van der Waals surface area contributed by atoms with Crippen molar-refractivity contribution in [2.45, 2.75) is 13.5 Å². The SMILES string of the molecule is Cc1n[nH]c2nc(-c3nn(Cc4ncccc4F)c4ncc(F)cc34)nc(N)c12. The van der Waals surface area contributed by atoms with Gasteiger partial charge in [-0.1, -0.05) is 0 Å². The molecule has 3 N–H and O–H groups in total. The van der Waals surface area contributed by atoms with Crippen LogP contribution >= 0.6 is 0 Å². The third kappa shape index (κ3) is 2.74. The minimum absolute atomic E-state index is 0.00268. The third-order valence-corrected chi connectivity index (χ3v) is 4.53. The van der Waals surface area contributed by atoms with Crippen LogP contribution in [-0.4, -0.2) is 39.9 Å². The van der Waals surface area contributed by atoms with E-state index in [2.05, 4.69) is 35.2 Å². The lowest BCUT2D eigenvalue weighted by Gasteiger charge is -2.03. The van der Waals surface area contributed by atoms with E-state index < -0.39 is 11.6 Å². The number of nitrogens with zero attached hydrogens (tertiary/aromatic N) is 7. The van der Waals surface area contributed by atoms with Crippen molar-refractivity contribution < 1.29 is 8.78 Å². The Morgan fingerprint density at radius 3 is 2.90 bits per heavy atom. The third-order valence-electron chi connectivity index (χ3n) is 4.53. The predicted octanol–water partition coefficient (Wildman–Crippen LogP) is 2.38. The van der Waals surface area contributed by atoms with Gasteiger partial charge in [-0.05, 0) is 25.1 Å². The van der Waals surface area contributed by atoms with Gasteiger partial charge in [-0.25, -0.2) is 28.4 Å². The zero-order valence-electron chi connectivity index (χ0n) is 15.1. The van der Waals surface area contributed by atoms with Gasteiger partial charge >= 0.3 is 0 Å². The van der Waals surface area contributed by atoms with Crippen molar-refractivity contribution in [2.75, 3.05) is 5.73 Å². The van der Waals surface area contributed by atoms with Gasteiger partial charge in [0.2, 0.25) is 0 Å². The number of aryl methyl sites for hydroxylation is 1. The molecule has 5 aromatic heterocycles. The van der Waals surface area contributed by atoms with Crippen LogP contribution in [0.4, 0.5) is 14.6 Å². The van der Waals surface area contributed by atoms with Crippen LogP contribution in [0.25, 0.3) is 33.6 Å². The molecular weight excluding hydrogens is 380 g/mol. The van der Waals surface area contributed by atoms with Crippen LogP contribution in [0.2, 0.25) is 0 Å². The standard InChI is InChI=1S/C18H13F2N9/c1-8-13-15(21)24-17(25-16(13)27-26-8)14-10-5-9(19)6-23-18(10)29(28-14)7-12-11(20)3-2-4-22-12/h2-6H,7H2,1H3,(H3,21,24,25,26,27). The van der Waals surface area contributed by atoms with Crippen LogP contribution in [0.3, 0.4) is 0 Å². The van der Waals surface area contributed by atoms with Crippen molar-refractivity contribution in [3.8, 4) is 11.5 Å². The van der Waals surface area contributed by atoms with Gasteiger partial charge in [-0.3, -0.25) is 10.1 Å². The minimum Gasteiger partial charge on any atom is -0.383 e. The lowest BCUT2D eigenvalue weighted by molar-refractivity contribution is 0.575. The first-order valence-corrected chi connectivity index (χ1v) is 8.61. The molecule has 0 aromatic carbocycles. The number of hydrogen-bond acceptors (Lipinski definition) is 7. The number of pyridine rings is 2. The largest absolute Gasteiger partial charge is 0.383 e. The Kier molecular flexibility index (Phi) is 3.69. The number of fused-ring (bicyclic) bond motifs is 2. The second-order valence-corrected chi connectivity index (χ2v) is 6.43. The van der Waals surface area contributed by atoms with Crippen LogP contribution in [0.5, 0.6) is 0 Å². The van der Waals surface area contributed by atoms with Crippen molar-refractivity contribution in [1.29, 1.82) is 0 Å². The highest BCUT2D eigenvalue weighted by Crippen LogP contribution is 2.29. The van der Waals surface area contributed by atoms with Gasteiger partial charge in [0.15, 0.2) is 17.1 Å². The fourth-order valence-electron chi connectivity index (χ4n) is 3.20. The summed E-state index contributed by atoms with van der Waals surface area (Å²) in [6.45, 7) is 1.78. The van der Waals surface area contributed by atoms with E-state index in [0.29, 0.717) is 27.8 Å². The summed E-state index contributed by atoms with van der Waals surface area (Å²) in [6.07, 6.45) is 2.55. The van der Waals surface area contributed by atoms with E-state index in [-0.39, 0.29) is 29.6 Å². The van der Waals surface area contributed by atoms with E-state index in [1.165, 1.54) is 29.1 Å². The maximum atomic E-state index is 14.1. The normalized spacial score (nSPS) is 11.6. The number of rotatable bonds is 3. The Morgan fingerprint density at radius 2 is 2.07 bits per heavy atom. The number of halogens is 2. The molecule has 0 aliphatic rings. The Hall–Kier alpha value is -4.02. The first-order valence-electron chi connectivity index (χ1n) is 8.61. The van der Waals surface area contributed by atoms with Crippen molar-refractivity contribution in [3.05, 3.63) is 53.6 Å². The van der Waals surface area contributed by atoms with E-state index in [1.54, 1.807) is 6.92 Å². The lowest BCUT2D eigenvalue weighted by atomic mass is 10.2. The highest BCUT2D eigenvalue weighted by Gasteiger charge is 2.20. The number of anilines is 1. The summed E-state index contributed by atoms with van der Waals surface area (Å²) in [4.78, 5) is 16.9. The van der Waals surface area contributed by atoms with Crippen molar-refractivity contribution in [1.82, 2.24) is 39.9 Å². The van der Waals surface area contributed by atoms with E-state index >= 15 is 0 Å². The Morgan fingerprint density at radius 1 is 1.21 bits per heavy atom. The molecule has 29 heavy (non-hydrogen) atoms. The molecule has 0 unspecified atom stereocenters. The maximum absolute atomic E-state index is 14.1. The number of nitrogens with two attached hydrogens (primary N) is 1. The molecule has 144 valence electrons. The summed E-state index contributed by atoms with van der Waals surface area (Å²) in [5.74, 6) is -0.626. The molecule has 5 aromatic rings. The van der Waals surface area contributed by atoms with Crippen molar-refractivity contribution >= 4 is 27.9 Å². The summed E-state index contributed by atoms with van der Waals surface area (Å²) in [6, 6.07) is 4.08. The minimum atomic E-state index is -0.547. The van der Waals surface area contributed by atoms with Crippen LogP contribution in [0.15, 0.2) is 30.6 Å². The molecule has 0 spiro atoms. The summed E-state index contributed by atoms with van der Waals surface area (Å²) in [7, 11) is 0. The maximum Gasteiger partial charge on any atom is 0.184 e. The molecule has 9 nitrogen and oxygen atoms in total. The molecule has 5 heterocycles. The summed E-state index contributed by atoms with van der Waals surface area (Å²) in [5.41, 5.74) is 7.96. The molecule has 0 bridgehead atoms. The quantitative estimate of drug-likeness (QED) is 0.482. The summed E-state index contributed by atoms with van der Waals surface area (Å²) < 4.78 is 29.4. The number of hydrogen-bond donors (Lipinski definition) is 2. The van der Waals surface area contributed by atoms with Gasteiger partial charge in [-0.15, -0.1) is 0 Å². The first-order chi connectivity index (χ1) is 14.0. The monoisotopic (exact) mass is 393 g/mol. The molecule has 0 radical (unpaired) electrons. The number of nitrogens with one attached hydrogen (secondary N) is 1. The van der Waals surface area contributed by atoms with Crippen LogP contribution in [-0.2, 0) is 6.54 Å². The molecular formula is C18H13F2N9. The lowest BCUT2D eigenvalue weighted by Crippen LogP contribution is -2.07. The summed E-state index contributed by atoms with van der Waals surface area (Å²) >= 11 is 0.